The fourth-order valence-corrected chi connectivity index (χ4v) is 2.66. The van der Waals surface area contributed by atoms with Crippen LogP contribution in [0.4, 0.5) is 0 Å². The van der Waals surface area contributed by atoms with Gasteiger partial charge in [-0.2, -0.15) is 0 Å². The van der Waals surface area contributed by atoms with Gasteiger partial charge in [0, 0.05) is 0 Å². The number of hydrogen-bond acceptors (Lipinski definition) is 7. The molecule has 1 N–H and O–H groups in total. The second kappa shape index (κ2) is 8.01. The van der Waals surface area contributed by atoms with E-state index in [1.807, 2.05) is 6.07 Å². The van der Waals surface area contributed by atoms with Gasteiger partial charge >= 0.3 is 17.9 Å². The molecule has 1 aliphatic rings. The first-order chi connectivity index (χ1) is 13.0. The molecule has 7 heteroatoms. The van der Waals surface area contributed by atoms with Gasteiger partial charge in [0.15, 0.2) is 0 Å². The quantitative estimate of drug-likeness (QED) is 0.608. The first kappa shape index (κ1) is 18.6. The zero-order valence-electron chi connectivity index (χ0n) is 14.4. The first-order valence-corrected chi connectivity index (χ1v) is 8.32. The van der Waals surface area contributed by atoms with Crippen LogP contribution in [0.2, 0.25) is 0 Å². The van der Waals surface area contributed by atoms with Crippen LogP contribution in [-0.2, 0) is 41.8 Å². The van der Waals surface area contributed by atoms with Crippen LogP contribution in [0.25, 0.3) is 0 Å². The molecule has 27 heavy (non-hydrogen) atoms. The SMILES string of the molecule is O=C1C[C@](O)(C(=O)OCc2ccccc2)[C@@H](C(=O)OCc2ccccc2)O1. The smallest absolute Gasteiger partial charge is 0.351 e. The molecule has 0 unspecified atom stereocenters. The third kappa shape index (κ3) is 4.32. The number of benzene rings is 2. The molecule has 1 aliphatic heterocycles. The number of carbonyl (C=O) groups excluding carboxylic acids is 3. The van der Waals surface area contributed by atoms with Crippen molar-refractivity contribution in [1.82, 2.24) is 0 Å². The Balaban J connectivity index is 1.65. The fraction of sp³-hybridized carbons (Fsp3) is 0.250. The molecule has 1 saturated heterocycles. The van der Waals surface area contributed by atoms with Crippen LogP contribution in [0.15, 0.2) is 60.7 Å². The van der Waals surface area contributed by atoms with Crippen molar-refractivity contribution in [2.45, 2.75) is 31.3 Å². The largest absolute Gasteiger partial charge is 0.459 e. The minimum atomic E-state index is -2.42. The second-order valence-corrected chi connectivity index (χ2v) is 6.13. The number of ether oxygens (including phenoxy) is 3. The van der Waals surface area contributed by atoms with Crippen LogP contribution in [-0.4, -0.2) is 34.7 Å². The molecule has 2 atom stereocenters. The molecule has 0 radical (unpaired) electrons. The van der Waals surface area contributed by atoms with E-state index in [9.17, 15) is 19.5 Å². The highest BCUT2D eigenvalue weighted by Crippen LogP contribution is 2.30. The maximum atomic E-state index is 12.4. The standard InChI is InChI=1S/C20H18O7/c21-16-11-20(24,19(23)26-13-15-9-5-2-6-10-15)17(27-16)18(22)25-12-14-7-3-1-4-8-14/h1-10,17,24H,11-13H2/t17-,20-/m1/s1. The summed E-state index contributed by atoms with van der Waals surface area (Å²) in [5.74, 6) is -3.00. The lowest BCUT2D eigenvalue weighted by molar-refractivity contribution is -0.185. The maximum absolute atomic E-state index is 12.4. The van der Waals surface area contributed by atoms with E-state index in [0.29, 0.717) is 11.1 Å². The van der Waals surface area contributed by atoms with Gasteiger partial charge in [-0.25, -0.2) is 9.59 Å². The van der Waals surface area contributed by atoms with Crippen LogP contribution in [0, 0.1) is 0 Å². The van der Waals surface area contributed by atoms with Crippen LogP contribution in [0.3, 0.4) is 0 Å². The third-order valence-electron chi connectivity index (χ3n) is 4.10. The van der Waals surface area contributed by atoms with Gasteiger partial charge in [0.05, 0.1) is 6.42 Å². The third-order valence-corrected chi connectivity index (χ3v) is 4.10. The highest BCUT2D eigenvalue weighted by Gasteiger charge is 2.59. The summed E-state index contributed by atoms with van der Waals surface area (Å²) in [4.78, 5) is 36.3. The first-order valence-electron chi connectivity index (χ1n) is 8.32. The molecule has 2 aromatic rings. The summed E-state index contributed by atoms with van der Waals surface area (Å²) in [7, 11) is 0. The van der Waals surface area contributed by atoms with E-state index in [2.05, 4.69) is 0 Å². The number of cyclic esters (lactones) is 1. The predicted molar refractivity (Wildman–Crippen MR) is 91.9 cm³/mol. The lowest BCUT2D eigenvalue weighted by atomic mass is 9.95. The summed E-state index contributed by atoms with van der Waals surface area (Å²) < 4.78 is 15.0. The summed E-state index contributed by atoms with van der Waals surface area (Å²) in [6, 6.07) is 17.7. The second-order valence-electron chi connectivity index (χ2n) is 6.13. The van der Waals surface area contributed by atoms with Crippen LogP contribution < -0.4 is 0 Å². The molecule has 1 fully saturated rings. The van der Waals surface area contributed by atoms with Crippen molar-refractivity contribution in [3.05, 3.63) is 71.8 Å². The highest BCUT2D eigenvalue weighted by molar-refractivity contribution is 5.97. The molecule has 0 aliphatic carbocycles. The molecule has 3 rings (SSSR count). The van der Waals surface area contributed by atoms with Gasteiger partial charge in [0.2, 0.25) is 11.7 Å². The molecule has 2 aromatic carbocycles. The summed E-state index contributed by atoms with van der Waals surface area (Å²) in [5.41, 5.74) is -1.01. The highest BCUT2D eigenvalue weighted by atomic mass is 16.6. The monoisotopic (exact) mass is 370 g/mol. The number of rotatable bonds is 6. The van der Waals surface area contributed by atoms with E-state index in [0.717, 1.165) is 0 Å². The zero-order chi connectivity index (χ0) is 19.3. The van der Waals surface area contributed by atoms with E-state index in [-0.39, 0.29) is 13.2 Å². The van der Waals surface area contributed by atoms with Crippen LogP contribution in [0.5, 0.6) is 0 Å². The van der Waals surface area contributed by atoms with Crippen molar-refractivity contribution >= 4 is 17.9 Å². The van der Waals surface area contributed by atoms with Crippen molar-refractivity contribution in [1.29, 1.82) is 0 Å². The number of esters is 3. The molecule has 140 valence electrons. The molecule has 7 nitrogen and oxygen atoms in total. The Morgan fingerprint density at radius 3 is 2.04 bits per heavy atom. The van der Waals surface area contributed by atoms with Gasteiger partial charge in [-0.05, 0) is 11.1 Å². The molecule has 0 saturated carbocycles. The topological polar surface area (TPSA) is 99.1 Å². The van der Waals surface area contributed by atoms with Gasteiger partial charge in [-0.3, -0.25) is 4.79 Å². The molecule has 0 amide bonds. The summed E-state index contributed by atoms with van der Waals surface area (Å²) in [5, 5.41) is 10.6. The average molecular weight is 370 g/mol. The van der Waals surface area contributed by atoms with E-state index in [1.54, 1.807) is 54.6 Å². The van der Waals surface area contributed by atoms with E-state index >= 15 is 0 Å². The zero-order valence-corrected chi connectivity index (χ0v) is 14.4. The average Bonchev–Trinajstić information content (AvgIpc) is 3.01. The molecule has 0 bridgehead atoms. The molecular formula is C20H18O7. The lowest BCUT2D eigenvalue weighted by Gasteiger charge is -2.23. The number of hydrogen-bond donors (Lipinski definition) is 1. The van der Waals surface area contributed by atoms with Crippen LogP contribution in [0.1, 0.15) is 17.5 Å². The van der Waals surface area contributed by atoms with Gasteiger partial charge < -0.3 is 19.3 Å². The van der Waals surface area contributed by atoms with Gasteiger partial charge in [0.25, 0.3) is 0 Å². The van der Waals surface area contributed by atoms with E-state index in [1.165, 1.54) is 0 Å². The molecule has 0 aromatic heterocycles. The van der Waals surface area contributed by atoms with Crippen molar-refractivity contribution in [2.75, 3.05) is 0 Å². The Bertz CT molecular complexity index is 819. The van der Waals surface area contributed by atoms with Crippen LogP contribution >= 0.6 is 0 Å². The van der Waals surface area contributed by atoms with Gasteiger partial charge in [0.1, 0.15) is 13.2 Å². The molecular weight excluding hydrogens is 352 g/mol. The van der Waals surface area contributed by atoms with Crippen molar-refractivity contribution < 1.29 is 33.7 Å². The normalized spacial score (nSPS) is 21.4. The van der Waals surface area contributed by atoms with E-state index < -0.39 is 36.0 Å². The Kier molecular flexibility index (Phi) is 5.52. The Morgan fingerprint density at radius 2 is 1.48 bits per heavy atom. The molecule has 0 spiro atoms. The summed E-state index contributed by atoms with van der Waals surface area (Å²) in [6.45, 7) is -0.190. The van der Waals surface area contributed by atoms with Gasteiger partial charge in [-0.15, -0.1) is 0 Å². The molecule has 1 heterocycles. The number of carbonyl (C=O) groups is 3. The predicted octanol–water partition coefficient (Wildman–Crippen LogP) is 1.52. The maximum Gasteiger partial charge on any atom is 0.351 e. The minimum Gasteiger partial charge on any atom is -0.459 e. The number of aliphatic hydroxyl groups is 1. The van der Waals surface area contributed by atoms with E-state index in [4.69, 9.17) is 14.2 Å². The Labute approximate surface area is 155 Å². The fourth-order valence-electron chi connectivity index (χ4n) is 2.66. The van der Waals surface area contributed by atoms with Crippen molar-refractivity contribution in [3.8, 4) is 0 Å². The minimum absolute atomic E-state index is 0.0805. The van der Waals surface area contributed by atoms with Crippen molar-refractivity contribution in [2.24, 2.45) is 0 Å². The van der Waals surface area contributed by atoms with Gasteiger partial charge in [-0.1, -0.05) is 60.7 Å². The lowest BCUT2D eigenvalue weighted by Crippen LogP contribution is -2.51. The summed E-state index contributed by atoms with van der Waals surface area (Å²) in [6.07, 6.45) is -2.44. The Hall–Kier alpha value is -3.19. The summed E-state index contributed by atoms with van der Waals surface area (Å²) >= 11 is 0. The Morgan fingerprint density at radius 1 is 0.963 bits per heavy atom. The van der Waals surface area contributed by atoms with Crippen molar-refractivity contribution in [3.63, 3.8) is 0 Å².